The standard InChI is InChI=1S/C32H31F6N3O4S/c1-2-46(43,44)26-12-6-21(7-13-26)28(15-16-39)40-30(42)22-8-14-29(27(33)17-22)41-18-23(5-11-25(41)19-45-31(34)35)20-3-9-24(10-4-20)32(36,37)38/h3-4,6-10,12-14,17,23,25,28,31H,2,5,11,15,18-19H2,1H3,(H,40,42)/t23-,25+,28?/m1/s1. The molecular formula is C32H31F6N3O4S. The van der Waals surface area contributed by atoms with Crippen molar-refractivity contribution in [2.24, 2.45) is 0 Å². The van der Waals surface area contributed by atoms with E-state index in [4.69, 9.17) is 0 Å². The summed E-state index contributed by atoms with van der Waals surface area (Å²) >= 11 is 0. The quantitative estimate of drug-likeness (QED) is 0.221. The minimum atomic E-state index is -4.51. The maximum absolute atomic E-state index is 15.6. The third-order valence-corrected chi connectivity index (χ3v) is 9.72. The van der Waals surface area contributed by atoms with E-state index in [1.807, 2.05) is 6.07 Å². The van der Waals surface area contributed by atoms with Gasteiger partial charge in [-0.2, -0.15) is 27.2 Å². The second kappa shape index (κ2) is 14.6. The average molecular weight is 668 g/mol. The predicted octanol–water partition coefficient (Wildman–Crippen LogP) is 7.01. The van der Waals surface area contributed by atoms with Crippen LogP contribution in [0, 0.1) is 17.1 Å². The Morgan fingerprint density at radius 2 is 1.74 bits per heavy atom. The number of nitrogens with one attached hydrogen (secondary N) is 1. The van der Waals surface area contributed by atoms with E-state index >= 15 is 4.39 Å². The van der Waals surface area contributed by atoms with Crippen molar-refractivity contribution in [3.05, 3.63) is 94.8 Å². The molecule has 1 amide bonds. The van der Waals surface area contributed by atoms with Crippen LogP contribution in [0.3, 0.4) is 0 Å². The van der Waals surface area contributed by atoms with Gasteiger partial charge in [-0.3, -0.25) is 4.79 Å². The van der Waals surface area contributed by atoms with Crippen molar-refractivity contribution in [3.63, 3.8) is 0 Å². The van der Waals surface area contributed by atoms with Gasteiger partial charge in [-0.05, 0) is 66.4 Å². The molecule has 246 valence electrons. The van der Waals surface area contributed by atoms with E-state index in [1.165, 1.54) is 60.4 Å². The molecule has 0 saturated carbocycles. The number of hydrogen-bond donors (Lipinski definition) is 1. The molecule has 1 heterocycles. The molecule has 1 saturated heterocycles. The normalized spacial score (nSPS) is 17.8. The van der Waals surface area contributed by atoms with Crippen molar-refractivity contribution in [2.45, 2.75) is 61.9 Å². The molecule has 46 heavy (non-hydrogen) atoms. The number of nitriles is 1. The second-order valence-electron chi connectivity index (χ2n) is 10.8. The predicted molar refractivity (Wildman–Crippen MR) is 158 cm³/mol. The molecule has 3 aromatic rings. The van der Waals surface area contributed by atoms with Crippen LogP contribution in [0.4, 0.5) is 32.0 Å². The molecule has 7 nitrogen and oxygen atoms in total. The SMILES string of the molecule is CCS(=O)(=O)c1ccc(C(CC#N)NC(=O)c2ccc(N3C[C@H](c4ccc(C(F)(F)F)cc4)CC[C@H]3COC(F)F)c(F)c2)cc1. The first-order valence-electron chi connectivity index (χ1n) is 14.4. The fraction of sp³-hybridized carbons (Fsp3) is 0.375. The highest BCUT2D eigenvalue weighted by atomic mass is 32.2. The van der Waals surface area contributed by atoms with Gasteiger partial charge in [-0.1, -0.05) is 31.2 Å². The third kappa shape index (κ3) is 8.38. The molecule has 3 atom stereocenters. The minimum absolute atomic E-state index is 0.00248. The number of alkyl halides is 5. The number of carbonyl (C=O) groups is 1. The van der Waals surface area contributed by atoms with Crippen LogP contribution < -0.4 is 10.2 Å². The summed E-state index contributed by atoms with van der Waals surface area (Å²) in [6.45, 7) is -1.88. The first-order valence-corrected chi connectivity index (χ1v) is 16.0. The minimum Gasteiger partial charge on any atom is -0.363 e. The molecular weight excluding hydrogens is 636 g/mol. The Morgan fingerprint density at radius 3 is 2.30 bits per heavy atom. The monoisotopic (exact) mass is 667 g/mol. The summed E-state index contributed by atoms with van der Waals surface area (Å²) in [6.07, 6.45) is -3.94. The van der Waals surface area contributed by atoms with E-state index in [-0.39, 0.29) is 47.2 Å². The molecule has 1 fully saturated rings. The van der Waals surface area contributed by atoms with Crippen LogP contribution >= 0.6 is 0 Å². The maximum Gasteiger partial charge on any atom is 0.416 e. The molecule has 1 aliphatic rings. The highest BCUT2D eigenvalue weighted by molar-refractivity contribution is 7.91. The fourth-order valence-electron chi connectivity index (χ4n) is 5.44. The molecule has 4 rings (SSSR count). The maximum atomic E-state index is 15.6. The fourth-order valence-corrected chi connectivity index (χ4v) is 6.32. The van der Waals surface area contributed by atoms with Gasteiger partial charge in [0.1, 0.15) is 5.82 Å². The van der Waals surface area contributed by atoms with Gasteiger partial charge >= 0.3 is 12.8 Å². The highest BCUT2D eigenvalue weighted by Crippen LogP contribution is 2.37. The van der Waals surface area contributed by atoms with Gasteiger partial charge in [0.25, 0.3) is 5.91 Å². The topological polar surface area (TPSA) is 99.5 Å². The number of halogens is 6. The van der Waals surface area contributed by atoms with Gasteiger partial charge in [-0.25, -0.2) is 12.8 Å². The molecule has 0 spiro atoms. The Balaban J connectivity index is 1.55. The summed E-state index contributed by atoms with van der Waals surface area (Å²) in [5.41, 5.74) is 0.131. The van der Waals surface area contributed by atoms with Gasteiger partial charge < -0.3 is 15.0 Å². The largest absolute Gasteiger partial charge is 0.416 e. The Kier molecular flexibility index (Phi) is 11.0. The number of anilines is 1. The van der Waals surface area contributed by atoms with Gasteiger partial charge in [0.2, 0.25) is 0 Å². The van der Waals surface area contributed by atoms with E-state index in [0.29, 0.717) is 17.5 Å². The van der Waals surface area contributed by atoms with Crippen LogP contribution in [-0.4, -0.2) is 45.9 Å². The molecule has 1 unspecified atom stereocenters. The lowest BCUT2D eigenvalue weighted by atomic mass is 9.86. The van der Waals surface area contributed by atoms with Gasteiger partial charge in [0.05, 0.1) is 53.1 Å². The van der Waals surface area contributed by atoms with E-state index < -0.39 is 58.6 Å². The van der Waals surface area contributed by atoms with Crippen LogP contribution in [0.15, 0.2) is 71.6 Å². The van der Waals surface area contributed by atoms with Crippen molar-refractivity contribution in [3.8, 4) is 6.07 Å². The zero-order chi connectivity index (χ0) is 33.6. The van der Waals surface area contributed by atoms with Crippen LogP contribution in [0.1, 0.15) is 65.2 Å². The summed E-state index contributed by atoms with van der Waals surface area (Å²) in [5, 5.41) is 12.0. The number of nitrogens with zero attached hydrogens (tertiary/aromatic N) is 2. The lowest BCUT2D eigenvalue weighted by molar-refractivity contribution is -0.137. The number of ether oxygens (including phenoxy) is 1. The second-order valence-corrected chi connectivity index (χ2v) is 13.1. The Bertz CT molecular complexity index is 1660. The molecule has 0 aliphatic carbocycles. The summed E-state index contributed by atoms with van der Waals surface area (Å²) < 4.78 is 109. The lowest BCUT2D eigenvalue weighted by Gasteiger charge is -2.41. The number of benzene rings is 3. The Labute approximate surface area is 262 Å². The number of piperidine rings is 1. The van der Waals surface area contributed by atoms with E-state index in [2.05, 4.69) is 10.1 Å². The van der Waals surface area contributed by atoms with E-state index in [9.17, 15) is 40.4 Å². The summed E-state index contributed by atoms with van der Waals surface area (Å²) in [4.78, 5) is 14.7. The molecule has 0 aromatic heterocycles. The third-order valence-electron chi connectivity index (χ3n) is 7.97. The number of rotatable bonds is 11. The molecule has 1 N–H and O–H groups in total. The van der Waals surface area contributed by atoms with Crippen molar-refractivity contribution >= 4 is 21.4 Å². The first-order chi connectivity index (χ1) is 21.7. The van der Waals surface area contributed by atoms with Crippen LogP contribution in [0.25, 0.3) is 0 Å². The van der Waals surface area contributed by atoms with Crippen LogP contribution in [-0.2, 0) is 20.8 Å². The van der Waals surface area contributed by atoms with Crippen LogP contribution in [0.5, 0.6) is 0 Å². The molecule has 1 aliphatic heterocycles. The lowest BCUT2D eigenvalue weighted by Crippen LogP contribution is -2.46. The average Bonchev–Trinajstić information content (AvgIpc) is 3.03. The zero-order valence-electron chi connectivity index (χ0n) is 24.6. The molecule has 14 heteroatoms. The van der Waals surface area contributed by atoms with Crippen molar-refractivity contribution in [2.75, 3.05) is 23.8 Å². The zero-order valence-corrected chi connectivity index (χ0v) is 25.4. The Morgan fingerprint density at radius 1 is 1.07 bits per heavy atom. The van der Waals surface area contributed by atoms with Crippen molar-refractivity contribution < 1.29 is 44.3 Å². The smallest absolute Gasteiger partial charge is 0.363 e. The Hall–Kier alpha value is -4.09. The molecule has 0 bridgehead atoms. The first kappa shape index (κ1) is 34.8. The molecule has 0 radical (unpaired) electrons. The van der Waals surface area contributed by atoms with Gasteiger partial charge in [-0.15, -0.1) is 0 Å². The number of hydrogen-bond acceptors (Lipinski definition) is 6. The van der Waals surface area contributed by atoms with Crippen molar-refractivity contribution in [1.82, 2.24) is 5.32 Å². The van der Waals surface area contributed by atoms with Crippen LogP contribution in [0.2, 0.25) is 0 Å². The van der Waals surface area contributed by atoms with Crippen molar-refractivity contribution in [1.29, 1.82) is 5.26 Å². The van der Waals surface area contributed by atoms with E-state index in [0.717, 1.165) is 18.2 Å². The summed E-state index contributed by atoms with van der Waals surface area (Å²) in [6, 6.07) is 14.4. The summed E-state index contributed by atoms with van der Waals surface area (Å²) in [7, 11) is -3.46. The van der Waals surface area contributed by atoms with E-state index in [1.54, 1.807) is 0 Å². The highest BCUT2D eigenvalue weighted by Gasteiger charge is 2.34. The van der Waals surface area contributed by atoms with Gasteiger partial charge in [0, 0.05) is 18.0 Å². The number of sulfone groups is 1. The number of amides is 1. The molecule has 3 aromatic carbocycles. The summed E-state index contributed by atoms with van der Waals surface area (Å²) in [5.74, 6) is -1.99. The van der Waals surface area contributed by atoms with Gasteiger partial charge in [0.15, 0.2) is 9.84 Å². The number of carbonyl (C=O) groups excluding carboxylic acids is 1.